The minimum Gasteiger partial charge on any atom is -0.481 e. The van der Waals surface area contributed by atoms with E-state index in [2.05, 4.69) is 10.5 Å². The van der Waals surface area contributed by atoms with Crippen molar-refractivity contribution in [2.75, 3.05) is 5.32 Å². The smallest absolute Gasteiger partial charge is 0.303 e. The molecule has 0 unspecified atom stereocenters. The Hall–Kier alpha value is -2.05. The lowest BCUT2D eigenvalue weighted by atomic mass is 9.87. The van der Waals surface area contributed by atoms with Crippen molar-refractivity contribution in [2.24, 2.45) is 5.18 Å². The summed E-state index contributed by atoms with van der Waals surface area (Å²) in [4.78, 5) is 21.1. The summed E-state index contributed by atoms with van der Waals surface area (Å²) in [6.07, 6.45) is -0.361. The second-order valence-corrected chi connectivity index (χ2v) is 4.93. The summed E-state index contributed by atoms with van der Waals surface area (Å²) in [7, 11) is 0. The number of nitrogens with zero attached hydrogens (tertiary/aromatic N) is 1. The molecule has 2 N–H and O–H groups in total. The Labute approximate surface area is 114 Å². The molecule has 0 amide bonds. The summed E-state index contributed by atoms with van der Waals surface area (Å²) in [6.45, 7) is 0. The summed E-state index contributed by atoms with van der Waals surface area (Å²) in [5.74, 6) is -3.58. The second-order valence-electron chi connectivity index (χ2n) is 4.93. The van der Waals surface area contributed by atoms with Gasteiger partial charge in [-0.05, 0) is 35.4 Å². The second kappa shape index (κ2) is 5.52. The van der Waals surface area contributed by atoms with Crippen LogP contribution in [0.5, 0.6) is 0 Å². The van der Waals surface area contributed by atoms with Crippen molar-refractivity contribution in [3.8, 4) is 0 Å². The van der Waals surface area contributed by atoms with Gasteiger partial charge in [-0.3, -0.25) is 4.79 Å². The van der Waals surface area contributed by atoms with E-state index in [1.807, 2.05) is 0 Å². The maximum Gasteiger partial charge on any atom is 0.303 e. The molecule has 1 saturated carbocycles. The molecule has 20 heavy (non-hydrogen) atoms. The van der Waals surface area contributed by atoms with Crippen LogP contribution in [0.15, 0.2) is 23.4 Å². The molecule has 7 heteroatoms. The maximum absolute atomic E-state index is 12.8. The molecule has 1 aliphatic carbocycles. The molecular formula is C13H14F2N2O3. The number of nitrogens with one attached hydrogen (secondary N) is 1. The number of carbonyl (C=O) groups is 1. The number of carboxylic acid groups (broad SMARTS) is 1. The molecule has 1 aliphatic rings. The van der Waals surface area contributed by atoms with Gasteiger partial charge in [-0.25, -0.2) is 8.78 Å². The minimum atomic E-state index is -2.62. The monoisotopic (exact) mass is 284 g/mol. The Bertz CT molecular complexity index is 526. The van der Waals surface area contributed by atoms with Gasteiger partial charge in [0.05, 0.1) is 0 Å². The molecule has 2 rings (SSSR count). The molecule has 0 aliphatic heterocycles. The van der Waals surface area contributed by atoms with Gasteiger partial charge >= 0.3 is 5.97 Å². The van der Waals surface area contributed by atoms with Gasteiger partial charge in [-0.1, -0.05) is 0 Å². The SMILES string of the molecule is O=Nc1ccc(NC2CC(F)(F)C2)c(CCC(=O)O)c1. The van der Waals surface area contributed by atoms with Crippen LogP contribution in [-0.2, 0) is 11.2 Å². The lowest BCUT2D eigenvalue weighted by molar-refractivity contribution is -0.136. The molecular weight excluding hydrogens is 270 g/mol. The molecule has 0 atom stereocenters. The minimum absolute atomic E-state index is 0.0994. The van der Waals surface area contributed by atoms with Crippen molar-refractivity contribution in [3.05, 3.63) is 28.7 Å². The average Bonchev–Trinajstić information content (AvgIpc) is 2.35. The van der Waals surface area contributed by atoms with E-state index in [9.17, 15) is 18.5 Å². The van der Waals surface area contributed by atoms with Crippen LogP contribution in [0.2, 0.25) is 0 Å². The Morgan fingerprint density at radius 2 is 2.15 bits per heavy atom. The summed E-state index contributed by atoms with van der Waals surface area (Å²) in [6, 6.07) is 4.19. The summed E-state index contributed by atoms with van der Waals surface area (Å²) >= 11 is 0. The number of carboxylic acids is 1. The fraction of sp³-hybridized carbons (Fsp3) is 0.462. The Kier molecular flexibility index (Phi) is 3.96. The molecule has 0 bridgehead atoms. The van der Waals surface area contributed by atoms with Crippen LogP contribution in [-0.4, -0.2) is 23.0 Å². The number of hydrogen-bond acceptors (Lipinski definition) is 4. The zero-order chi connectivity index (χ0) is 14.8. The molecule has 1 aromatic carbocycles. The van der Waals surface area contributed by atoms with Gasteiger partial charge in [-0.2, -0.15) is 0 Å². The fourth-order valence-corrected chi connectivity index (χ4v) is 2.21. The number of benzene rings is 1. The maximum atomic E-state index is 12.8. The van der Waals surface area contributed by atoms with Crippen LogP contribution in [0.1, 0.15) is 24.8 Å². The molecule has 1 aromatic rings. The van der Waals surface area contributed by atoms with Crippen molar-refractivity contribution in [1.82, 2.24) is 0 Å². The van der Waals surface area contributed by atoms with E-state index in [0.717, 1.165) is 0 Å². The van der Waals surface area contributed by atoms with Crippen LogP contribution in [0, 0.1) is 4.91 Å². The molecule has 1 fully saturated rings. The van der Waals surface area contributed by atoms with Crippen LogP contribution in [0.4, 0.5) is 20.2 Å². The number of anilines is 1. The van der Waals surface area contributed by atoms with E-state index in [1.54, 1.807) is 6.07 Å². The van der Waals surface area contributed by atoms with E-state index in [4.69, 9.17) is 5.11 Å². The van der Waals surface area contributed by atoms with Crippen molar-refractivity contribution in [2.45, 2.75) is 37.6 Å². The van der Waals surface area contributed by atoms with Crippen LogP contribution in [0.3, 0.4) is 0 Å². The molecule has 0 aromatic heterocycles. The highest BCUT2D eigenvalue weighted by Gasteiger charge is 2.45. The normalized spacial score (nSPS) is 17.3. The third-order valence-electron chi connectivity index (χ3n) is 3.25. The summed E-state index contributed by atoms with van der Waals surface area (Å²) in [5.41, 5.74) is 1.37. The quantitative estimate of drug-likeness (QED) is 0.785. The predicted molar refractivity (Wildman–Crippen MR) is 69.4 cm³/mol. The molecule has 108 valence electrons. The first-order chi connectivity index (χ1) is 9.39. The Balaban J connectivity index is 2.10. The number of rotatable bonds is 6. The highest BCUT2D eigenvalue weighted by molar-refractivity contribution is 5.68. The predicted octanol–water partition coefficient (Wildman–Crippen LogP) is 3.31. The largest absolute Gasteiger partial charge is 0.481 e. The number of nitroso groups, excluding NO2 is 1. The zero-order valence-electron chi connectivity index (χ0n) is 10.6. The molecule has 0 radical (unpaired) electrons. The third-order valence-corrected chi connectivity index (χ3v) is 3.25. The van der Waals surface area contributed by atoms with E-state index < -0.39 is 11.9 Å². The number of aliphatic carboxylic acids is 1. The van der Waals surface area contributed by atoms with Gasteiger partial charge in [0, 0.05) is 31.0 Å². The highest BCUT2D eigenvalue weighted by Crippen LogP contribution is 2.39. The third kappa shape index (κ3) is 3.49. The van der Waals surface area contributed by atoms with E-state index >= 15 is 0 Å². The van der Waals surface area contributed by atoms with Crippen molar-refractivity contribution in [3.63, 3.8) is 0 Å². The molecule has 0 spiro atoms. The molecule has 0 heterocycles. The van der Waals surface area contributed by atoms with Crippen LogP contribution in [0.25, 0.3) is 0 Å². The topological polar surface area (TPSA) is 78.8 Å². The standard InChI is InChI=1S/C13H14F2N2O3/c14-13(15)6-10(7-13)16-11-3-2-9(17-20)5-8(11)1-4-12(18)19/h2-3,5,10,16H,1,4,6-7H2,(H,18,19). The van der Waals surface area contributed by atoms with Crippen molar-refractivity contribution >= 4 is 17.3 Å². The lowest BCUT2D eigenvalue weighted by Gasteiger charge is -2.36. The van der Waals surface area contributed by atoms with Crippen molar-refractivity contribution < 1.29 is 18.7 Å². The zero-order valence-corrected chi connectivity index (χ0v) is 10.6. The first-order valence-corrected chi connectivity index (χ1v) is 6.22. The summed E-state index contributed by atoms with van der Waals surface area (Å²) in [5, 5.41) is 14.4. The lowest BCUT2D eigenvalue weighted by Crippen LogP contribution is -2.44. The van der Waals surface area contributed by atoms with Crippen LogP contribution < -0.4 is 5.32 Å². The fourth-order valence-electron chi connectivity index (χ4n) is 2.21. The molecule has 0 saturated heterocycles. The average molecular weight is 284 g/mol. The first-order valence-electron chi connectivity index (χ1n) is 6.22. The first kappa shape index (κ1) is 14.4. The van der Waals surface area contributed by atoms with Crippen LogP contribution >= 0.6 is 0 Å². The van der Waals surface area contributed by atoms with E-state index in [0.29, 0.717) is 11.3 Å². The Morgan fingerprint density at radius 3 is 2.70 bits per heavy atom. The van der Waals surface area contributed by atoms with Gasteiger partial charge in [0.25, 0.3) is 5.92 Å². The summed E-state index contributed by atoms with van der Waals surface area (Å²) < 4.78 is 25.6. The molecule has 5 nitrogen and oxygen atoms in total. The van der Waals surface area contributed by atoms with Gasteiger partial charge in [0.2, 0.25) is 0 Å². The van der Waals surface area contributed by atoms with Gasteiger partial charge in [0.1, 0.15) is 5.69 Å². The highest BCUT2D eigenvalue weighted by atomic mass is 19.3. The number of halogens is 2. The number of alkyl halides is 2. The Morgan fingerprint density at radius 1 is 1.45 bits per heavy atom. The van der Waals surface area contributed by atoms with Crippen molar-refractivity contribution in [1.29, 1.82) is 0 Å². The van der Waals surface area contributed by atoms with E-state index in [-0.39, 0.29) is 37.4 Å². The van der Waals surface area contributed by atoms with Gasteiger partial charge < -0.3 is 10.4 Å². The van der Waals surface area contributed by atoms with Gasteiger partial charge in [-0.15, -0.1) is 4.91 Å². The number of aryl methyl sites for hydroxylation is 1. The number of hydrogen-bond donors (Lipinski definition) is 2. The van der Waals surface area contributed by atoms with E-state index in [1.165, 1.54) is 12.1 Å². The van der Waals surface area contributed by atoms with Gasteiger partial charge in [0.15, 0.2) is 0 Å².